The van der Waals surface area contributed by atoms with Gasteiger partial charge in [0.15, 0.2) is 11.5 Å². The first-order chi connectivity index (χ1) is 9.76. The maximum absolute atomic E-state index is 9.22. The highest BCUT2D eigenvalue weighted by Gasteiger charge is 2.12. The van der Waals surface area contributed by atoms with Crippen molar-refractivity contribution in [2.75, 3.05) is 19.8 Å². The summed E-state index contributed by atoms with van der Waals surface area (Å²) >= 11 is 0. The summed E-state index contributed by atoms with van der Waals surface area (Å²) in [6, 6.07) is 5.94. The van der Waals surface area contributed by atoms with Crippen LogP contribution in [-0.4, -0.2) is 31.0 Å². The number of hydrogen-bond donors (Lipinski definition) is 2. The Bertz CT molecular complexity index is 403. The largest absolute Gasteiger partial charge is 0.490 e. The minimum Gasteiger partial charge on any atom is -0.490 e. The van der Waals surface area contributed by atoms with Gasteiger partial charge in [0.2, 0.25) is 0 Å². The molecule has 20 heavy (non-hydrogen) atoms. The number of para-hydroxylation sites is 1. The van der Waals surface area contributed by atoms with E-state index in [1.165, 1.54) is 0 Å². The second kappa shape index (κ2) is 9.39. The zero-order chi connectivity index (χ0) is 14.8. The highest BCUT2D eigenvalue weighted by atomic mass is 16.5. The molecular formula is C16H25NO3. The highest BCUT2D eigenvalue weighted by molar-refractivity contribution is 5.46. The van der Waals surface area contributed by atoms with Gasteiger partial charge in [-0.2, -0.15) is 0 Å². The summed E-state index contributed by atoms with van der Waals surface area (Å²) in [5, 5.41) is 12.5. The van der Waals surface area contributed by atoms with Gasteiger partial charge in [-0.15, -0.1) is 0 Å². The van der Waals surface area contributed by atoms with Gasteiger partial charge < -0.3 is 19.9 Å². The average Bonchev–Trinajstić information content (AvgIpc) is 2.47. The molecule has 0 aliphatic heterocycles. The molecule has 0 radical (unpaired) electrons. The minimum atomic E-state index is 0.0954. The zero-order valence-corrected chi connectivity index (χ0v) is 12.4. The Hall–Kier alpha value is -1.52. The molecule has 0 aliphatic carbocycles. The molecule has 0 fully saturated rings. The van der Waals surface area contributed by atoms with E-state index in [9.17, 15) is 5.11 Å². The third-order valence-electron chi connectivity index (χ3n) is 3.00. The number of hydrogen-bond acceptors (Lipinski definition) is 4. The van der Waals surface area contributed by atoms with Crippen molar-refractivity contribution >= 4 is 0 Å². The second-order valence-electron chi connectivity index (χ2n) is 4.45. The number of ether oxygens (including phenoxy) is 2. The lowest BCUT2D eigenvalue weighted by Crippen LogP contribution is -2.31. The summed E-state index contributed by atoms with van der Waals surface area (Å²) in [5.74, 6) is 1.49. The number of rotatable bonds is 10. The molecule has 4 nitrogen and oxygen atoms in total. The van der Waals surface area contributed by atoms with Gasteiger partial charge in [0.1, 0.15) is 6.61 Å². The van der Waals surface area contributed by atoms with E-state index in [0.717, 1.165) is 23.5 Å². The molecule has 1 unspecified atom stereocenters. The summed E-state index contributed by atoms with van der Waals surface area (Å²) in [7, 11) is 0. The van der Waals surface area contributed by atoms with Crippen LogP contribution in [0.2, 0.25) is 0 Å². The fraction of sp³-hybridized carbons (Fsp3) is 0.500. The smallest absolute Gasteiger partial charge is 0.166 e. The molecule has 0 bridgehead atoms. The fourth-order valence-corrected chi connectivity index (χ4v) is 1.87. The van der Waals surface area contributed by atoms with Crippen LogP contribution in [0.15, 0.2) is 30.9 Å². The molecule has 0 amide bonds. The van der Waals surface area contributed by atoms with Crippen LogP contribution in [0.3, 0.4) is 0 Å². The van der Waals surface area contributed by atoms with Crippen molar-refractivity contribution in [2.24, 2.45) is 0 Å². The quantitative estimate of drug-likeness (QED) is 0.646. The van der Waals surface area contributed by atoms with Crippen LogP contribution >= 0.6 is 0 Å². The predicted octanol–water partition coefficient (Wildman–Crippen LogP) is 2.51. The van der Waals surface area contributed by atoms with Crippen LogP contribution in [-0.2, 0) is 6.54 Å². The maximum atomic E-state index is 9.22. The van der Waals surface area contributed by atoms with E-state index in [-0.39, 0.29) is 12.6 Å². The van der Waals surface area contributed by atoms with Gasteiger partial charge in [-0.3, -0.25) is 0 Å². The van der Waals surface area contributed by atoms with Gasteiger partial charge in [-0.05, 0) is 19.4 Å². The van der Waals surface area contributed by atoms with Gasteiger partial charge in [-0.25, -0.2) is 0 Å². The topological polar surface area (TPSA) is 50.7 Å². The van der Waals surface area contributed by atoms with Crippen LogP contribution < -0.4 is 14.8 Å². The third kappa shape index (κ3) is 4.87. The van der Waals surface area contributed by atoms with Crippen LogP contribution in [0.4, 0.5) is 0 Å². The van der Waals surface area contributed by atoms with Gasteiger partial charge >= 0.3 is 0 Å². The molecule has 1 aromatic carbocycles. The molecule has 0 heterocycles. The van der Waals surface area contributed by atoms with E-state index in [1.54, 1.807) is 6.08 Å². The lowest BCUT2D eigenvalue weighted by Gasteiger charge is -2.18. The normalized spacial score (nSPS) is 11.9. The van der Waals surface area contributed by atoms with Crippen LogP contribution in [0.25, 0.3) is 0 Å². The molecule has 112 valence electrons. The molecular weight excluding hydrogens is 254 g/mol. The van der Waals surface area contributed by atoms with Crippen LogP contribution in [0.1, 0.15) is 25.8 Å². The lowest BCUT2D eigenvalue weighted by atomic mass is 10.1. The van der Waals surface area contributed by atoms with Gasteiger partial charge in [-0.1, -0.05) is 31.7 Å². The number of nitrogens with one attached hydrogen (secondary N) is 1. The molecule has 2 N–H and O–H groups in total. The van der Waals surface area contributed by atoms with Gasteiger partial charge in [0, 0.05) is 18.2 Å². The monoisotopic (exact) mass is 279 g/mol. The van der Waals surface area contributed by atoms with Crippen molar-refractivity contribution in [3.63, 3.8) is 0 Å². The van der Waals surface area contributed by atoms with Crippen molar-refractivity contribution < 1.29 is 14.6 Å². The Morgan fingerprint density at radius 1 is 1.35 bits per heavy atom. The van der Waals surface area contributed by atoms with E-state index in [4.69, 9.17) is 9.47 Å². The molecule has 1 aromatic rings. The van der Waals surface area contributed by atoms with E-state index in [0.29, 0.717) is 19.8 Å². The van der Waals surface area contributed by atoms with Crippen molar-refractivity contribution in [3.8, 4) is 11.5 Å². The first-order valence-electron chi connectivity index (χ1n) is 7.09. The average molecular weight is 279 g/mol. The molecule has 0 spiro atoms. The molecule has 0 saturated heterocycles. The molecule has 0 aromatic heterocycles. The molecule has 1 rings (SSSR count). The van der Waals surface area contributed by atoms with E-state index >= 15 is 0 Å². The Morgan fingerprint density at radius 2 is 2.15 bits per heavy atom. The first kappa shape index (κ1) is 16.5. The van der Waals surface area contributed by atoms with Crippen molar-refractivity contribution in [1.29, 1.82) is 0 Å². The van der Waals surface area contributed by atoms with E-state index in [2.05, 4.69) is 11.9 Å². The minimum absolute atomic E-state index is 0.0954. The molecule has 4 heteroatoms. The zero-order valence-electron chi connectivity index (χ0n) is 12.4. The second-order valence-corrected chi connectivity index (χ2v) is 4.45. The van der Waals surface area contributed by atoms with E-state index < -0.39 is 0 Å². The van der Waals surface area contributed by atoms with Crippen molar-refractivity contribution in [1.82, 2.24) is 5.32 Å². The summed E-state index contributed by atoms with van der Waals surface area (Å²) < 4.78 is 11.3. The maximum Gasteiger partial charge on any atom is 0.166 e. The Balaban J connectivity index is 2.86. The van der Waals surface area contributed by atoms with Crippen LogP contribution in [0, 0.1) is 0 Å². The molecule has 0 aliphatic rings. The highest BCUT2D eigenvalue weighted by Crippen LogP contribution is 2.31. The van der Waals surface area contributed by atoms with E-state index in [1.807, 2.05) is 32.0 Å². The lowest BCUT2D eigenvalue weighted by molar-refractivity contribution is 0.237. The fourth-order valence-electron chi connectivity index (χ4n) is 1.87. The van der Waals surface area contributed by atoms with Crippen molar-refractivity contribution in [2.45, 2.75) is 32.9 Å². The SMILES string of the molecule is C=CCOc1c(CNC(CC)CO)cccc1OCC. The van der Waals surface area contributed by atoms with Crippen LogP contribution in [0.5, 0.6) is 11.5 Å². The van der Waals surface area contributed by atoms with Crippen molar-refractivity contribution in [3.05, 3.63) is 36.4 Å². The first-order valence-corrected chi connectivity index (χ1v) is 7.09. The summed E-state index contributed by atoms with van der Waals surface area (Å²) in [6.45, 7) is 9.45. The standard InChI is InChI=1S/C16H25NO3/c1-4-10-20-16-13(11-17-14(5-2)12-18)8-7-9-15(16)19-6-3/h4,7-9,14,17-18H,1,5-6,10-12H2,2-3H3. The Morgan fingerprint density at radius 3 is 2.75 bits per heavy atom. The number of aliphatic hydroxyl groups is 1. The molecule has 0 saturated carbocycles. The third-order valence-corrected chi connectivity index (χ3v) is 3.00. The van der Waals surface area contributed by atoms with Gasteiger partial charge in [0.25, 0.3) is 0 Å². The number of benzene rings is 1. The summed E-state index contributed by atoms with van der Waals surface area (Å²) in [4.78, 5) is 0. The summed E-state index contributed by atoms with van der Waals surface area (Å²) in [5.41, 5.74) is 1.02. The predicted molar refractivity (Wildman–Crippen MR) is 81.3 cm³/mol. The molecule has 1 atom stereocenters. The Labute approximate surface area is 121 Å². The number of aliphatic hydroxyl groups excluding tert-OH is 1. The summed E-state index contributed by atoms with van der Waals surface area (Å²) in [6.07, 6.45) is 2.59. The Kier molecular flexibility index (Phi) is 7.77. The van der Waals surface area contributed by atoms with Gasteiger partial charge in [0.05, 0.1) is 13.2 Å².